The summed E-state index contributed by atoms with van der Waals surface area (Å²) in [5.41, 5.74) is 0.947. The molecule has 0 amide bonds. The van der Waals surface area contributed by atoms with Crippen LogP contribution in [0.3, 0.4) is 0 Å². The van der Waals surface area contributed by atoms with E-state index in [9.17, 15) is 0 Å². The third-order valence-electron chi connectivity index (χ3n) is 1.90. The lowest BCUT2D eigenvalue weighted by atomic mass is 9.94. The third-order valence-corrected chi connectivity index (χ3v) is 1.90. The Kier molecular flexibility index (Phi) is 2.65. The van der Waals surface area contributed by atoms with Crippen molar-refractivity contribution in [3.8, 4) is 0 Å². The third kappa shape index (κ3) is 1.80. The molecular formula is C8H14N2O. The fourth-order valence-electron chi connectivity index (χ4n) is 1.12. The number of nitrogens with one attached hydrogen (secondary N) is 1. The second kappa shape index (κ2) is 3.53. The smallest absolute Gasteiger partial charge is 0.0923 e. The Labute approximate surface area is 66.5 Å². The largest absolute Gasteiger partial charge is 0.396 e. The van der Waals surface area contributed by atoms with Crippen LogP contribution >= 0.6 is 0 Å². The van der Waals surface area contributed by atoms with E-state index in [1.54, 1.807) is 6.33 Å². The molecule has 1 rings (SSSR count). The van der Waals surface area contributed by atoms with Crippen LogP contribution in [0.4, 0.5) is 0 Å². The van der Waals surface area contributed by atoms with Gasteiger partial charge in [0.1, 0.15) is 0 Å². The summed E-state index contributed by atoms with van der Waals surface area (Å²) >= 11 is 0. The van der Waals surface area contributed by atoms with Crippen molar-refractivity contribution >= 4 is 0 Å². The summed E-state index contributed by atoms with van der Waals surface area (Å²) in [6, 6.07) is 0. The van der Waals surface area contributed by atoms with Gasteiger partial charge >= 0.3 is 0 Å². The van der Waals surface area contributed by atoms with Crippen LogP contribution in [0.15, 0.2) is 12.5 Å². The summed E-state index contributed by atoms with van der Waals surface area (Å²) in [6.45, 7) is 4.33. The maximum absolute atomic E-state index is 9.01. The number of hydrogen-bond acceptors (Lipinski definition) is 2. The van der Waals surface area contributed by atoms with Crippen molar-refractivity contribution in [1.82, 2.24) is 9.97 Å². The van der Waals surface area contributed by atoms with Gasteiger partial charge in [-0.25, -0.2) is 4.98 Å². The molecule has 0 spiro atoms. The zero-order chi connectivity index (χ0) is 8.27. The second-order valence-corrected chi connectivity index (χ2v) is 3.03. The van der Waals surface area contributed by atoms with Crippen molar-refractivity contribution in [2.45, 2.75) is 19.8 Å². The molecular weight excluding hydrogens is 140 g/mol. The van der Waals surface area contributed by atoms with Gasteiger partial charge < -0.3 is 10.1 Å². The van der Waals surface area contributed by atoms with Gasteiger partial charge in [0.15, 0.2) is 0 Å². The van der Waals surface area contributed by atoms with Gasteiger partial charge in [0, 0.05) is 12.1 Å². The molecule has 0 aliphatic heterocycles. The minimum Gasteiger partial charge on any atom is -0.396 e. The number of nitrogens with zero attached hydrogens (tertiary/aromatic N) is 1. The van der Waals surface area contributed by atoms with Gasteiger partial charge in [-0.05, 0) is 5.92 Å². The molecule has 0 aliphatic carbocycles. The summed E-state index contributed by atoms with van der Waals surface area (Å²) in [4.78, 5) is 6.97. The molecule has 3 nitrogen and oxygen atoms in total. The van der Waals surface area contributed by atoms with E-state index in [-0.39, 0.29) is 12.5 Å². The van der Waals surface area contributed by atoms with Gasteiger partial charge in [-0.2, -0.15) is 0 Å². The molecule has 0 radical (unpaired) electrons. The first-order chi connectivity index (χ1) is 5.25. The summed E-state index contributed by atoms with van der Waals surface area (Å²) in [5.74, 6) is 0.601. The van der Waals surface area contributed by atoms with Gasteiger partial charge in [-0.3, -0.25) is 0 Å². The summed E-state index contributed by atoms with van der Waals surface area (Å²) < 4.78 is 0. The van der Waals surface area contributed by atoms with Gasteiger partial charge in [0.2, 0.25) is 0 Å². The molecule has 0 saturated heterocycles. The Morgan fingerprint density at radius 1 is 1.64 bits per heavy atom. The topological polar surface area (TPSA) is 48.9 Å². The fourth-order valence-corrected chi connectivity index (χ4v) is 1.12. The molecule has 0 aliphatic rings. The number of H-pyrrole nitrogens is 1. The molecule has 1 unspecified atom stereocenters. The molecule has 1 heterocycles. The molecule has 2 N–H and O–H groups in total. The minimum atomic E-state index is 0.168. The minimum absolute atomic E-state index is 0.168. The van der Waals surface area contributed by atoms with Crippen LogP contribution in [0.1, 0.15) is 25.5 Å². The molecule has 0 aromatic carbocycles. The van der Waals surface area contributed by atoms with E-state index < -0.39 is 0 Å². The Morgan fingerprint density at radius 2 is 2.36 bits per heavy atom. The molecule has 0 saturated carbocycles. The SMILES string of the molecule is CC(C)C(CO)c1c[nH]cn1. The Morgan fingerprint density at radius 3 is 2.73 bits per heavy atom. The van der Waals surface area contributed by atoms with Crippen LogP contribution in [0.2, 0.25) is 0 Å². The van der Waals surface area contributed by atoms with Crippen LogP contribution < -0.4 is 0 Å². The van der Waals surface area contributed by atoms with Crippen LogP contribution in [0.5, 0.6) is 0 Å². The Balaban J connectivity index is 2.71. The highest BCUT2D eigenvalue weighted by atomic mass is 16.3. The van der Waals surface area contributed by atoms with Crippen LogP contribution in [0.25, 0.3) is 0 Å². The van der Waals surface area contributed by atoms with Crippen molar-refractivity contribution in [2.24, 2.45) is 5.92 Å². The number of hydrogen-bond donors (Lipinski definition) is 2. The Hall–Kier alpha value is -0.830. The molecule has 11 heavy (non-hydrogen) atoms. The highest BCUT2D eigenvalue weighted by molar-refractivity contribution is 5.04. The van der Waals surface area contributed by atoms with Crippen molar-refractivity contribution in [3.63, 3.8) is 0 Å². The fraction of sp³-hybridized carbons (Fsp3) is 0.625. The second-order valence-electron chi connectivity index (χ2n) is 3.03. The monoisotopic (exact) mass is 154 g/mol. The lowest BCUT2D eigenvalue weighted by molar-refractivity contribution is 0.235. The number of aliphatic hydroxyl groups is 1. The predicted molar refractivity (Wildman–Crippen MR) is 43.3 cm³/mol. The number of aromatic nitrogens is 2. The van der Waals surface area contributed by atoms with Crippen molar-refractivity contribution < 1.29 is 5.11 Å². The maximum Gasteiger partial charge on any atom is 0.0923 e. The van der Waals surface area contributed by atoms with E-state index in [2.05, 4.69) is 23.8 Å². The van der Waals surface area contributed by atoms with E-state index in [1.165, 1.54) is 0 Å². The first-order valence-electron chi connectivity index (χ1n) is 3.85. The summed E-state index contributed by atoms with van der Waals surface area (Å²) in [7, 11) is 0. The quantitative estimate of drug-likeness (QED) is 0.686. The van der Waals surface area contributed by atoms with Crippen LogP contribution in [-0.4, -0.2) is 21.7 Å². The predicted octanol–water partition coefficient (Wildman–Crippen LogP) is 1.14. The highest BCUT2D eigenvalue weighted by Crippen LogP contribution is 2.20. The molecule has 0 bridgehead atoms. The highest BCUT2D eigenvalue weighted by Gasteiger charge is 2.15. The average molecular weight is 154 g/mol. The van der Waals surface area contributed by atoms with E-state index in [4.69, 9.17) is 5.11 Å². The van der Waals surface area contributed by atoms with E-state index in [0.29, 0.717) is 5.92 Å². The van der Waals surface area contributed by atoms with Crippen LogP contribution in [0, 0.1) is 5.92 Å². The maximum atomic E-state index is 9.01. The molecule has 0 fully saturated rings. The number of aromatic amines is 1. The average Bonchev–Trinajstić information content (AvgIpc) is 2.40. The molecule has 3 heteroatoms. The number of aliphatic hydroxyl groups excluding tert-OH is 1. The Bertz CT molecular complexity index is 194. The first-order valence-corrected chi connectivity index (χ1v) is 3.85. The number of imidazole rings is 1. The summed E-state index contributed by atoms with van der Waals surface area (Å²) in [6.07, 6.45) is 3.47. The van der Waals surface area contributed by atoms with Gasteiger partial charge in [-0.15, -0.1) is 0 Å². The number of rotatable bonds is 3. The molecule has 62 valence electrons. The van der Waals surface area contributed by atoms with Crippen LogP contribution in [-0.2, 0) is 0 Å². The molecule has 1 aromatic heterocycles. The zero-order valence-corrected chi connectivity index (χ0v) is 6.91. The zero-order valence-electron chi connectivity index (χ0n) is 6.91. The van der Waals surface area contributed by atoms with E-state index in [1.807, 2.05) is 6.20 Å². The normalized spacial score (nSPS) is 13.8. The lowest BCUT2D eigenvalue weighted by Crippen LogP contribution is -2.11. The standard InChI is InChI=1S/C8H14N2O/c1-6(2)7(4-11)8-3-9-5-10-8/h3,5-7,11H,4H2,1-2H3,(H,9,10). The lowest BCUT2D eigenvalue weighted by Gasteiger charge is -2.14. The van der Waals surface area contributed by atoms with Gasteiger partial charge in [-0.1, -0.05) is 13.8 Å². The van der Waals surface area contributed by atoms with Crippen molar-refractivity contribution in [1.29, 1.82) is 0 Å². The van der Waals surface area contributed by atoms with Gasteiger partial charge in [0.25, 0.3) is 0 Å². The van der Waals surface area contributed by atoms with Crippen molar-refractivity contribution in [3.05, 3.63) is 18.2 Å². The van der Waals surface area contributed by atoms with Gasteiger partial charge in [0.05, 0.1) is 18.6 Å². The summed E-state index contributed by atoms with van der Waals surface area (Å²) in [5, 5.41) is 9.01. The first kappa shape index (κ1) is 8.27. The van der Waals surface area contributed by atoms with E-state index in [0.717, 1.165) is 5.69 Å². The molecule has 1 aromatic rings. The van der Waals surface area contributed by atoms with E-state index >= 15 is 0 Å². The van der Waals surface area contributed by atoms with Crippen molar-refractivity contribution in [2.75, 3.05) is 6.61 Å². The molecule has 1 atom stereocenters.